The molecule has 3 N–H and O–H groups in total. The summed E-state index contributed by atoms with van der Waals surface area (Å²) in [5.74, 6) is 1.00. The van der Waals surface area contributed by atoms with Crippen LogP contribution >= 0.6 is 11.8 Å². The summed E-state index contributed by atoms with van der Waals surface area (Å²) < 4.78 is 7.10. The highest BCUT2D eigenvalue weighted by Gasteiger charge is 2.27. The molecule has 0 spiro atoms. The Balaban J connectivity index is 2.30. The fraction of sp³-hybridized carbons (Fsp3) is 0.412. The summed E-state index contributed by atoms with van der Waals surface area (Å²) in [5, 5.41) is 10.7. The summed E-state index contributed by atoms with van der Waals surface area (Å²) >= 11 is 1.27. The molecule has 0 saturated carbocycles. The van der Waals surface area contributed by atoms with E-state index >= 15 is 0 Å². The van der Waals surface area contributed by atoms with E-state index in [1.165, 1.54) is 11.8 Å². The molecule has 1 aromatic carbocycles. The molecule has 1 atom stereocenters. The summed E-state index contributed by atoms with van der Waals surface area (Å²) in [6, 6.07) is 6.66. The number of rotatable bonds is 7. The highest BCUT2D eigenvalue weighted by Crippen LogP contribution is 2.30. The molecule has 1 unspecified atom stereocenters. The standard InChI is InChI=1S/C17H23N5O3S/c1-5-22-14(11-6-8-12(25-4)9-7-11)20-21-17(22)26-13(10(2)3)15(23)19-16(18)24/h6-10,13H,5H2,1-4H3,(H3,18,19,23,24). The first-order chi connectivity index (χ1) is 12.4. The summed E-state index contributed by atoms with van der Waals surface area (Å²) in [4.78, 5) is 23.2. The average molecular weight is 377 g/mol. The number of urea groups is 1. The van der Waals surface area contributed by atoms with Crippen LogP contribution in [-0.2, 0) is 11.3 Å². The third kappa shape index (κ3) is 4.54. The summed E-state index contributed by atoms with van der Waals surface area (Å²) in [6.45, 7) is 6.41. The van der Waals surface area contributed by atoms with Gasteiger partial charge >= 0.3 is 6.03 Å². The molecular weight excluding hydrogens is 354 g/mol. The van der Waals surface area contributed by atoms with Gasteiger partial charge in [-0.15, -0.1) is 10.2 Å². The molecule has 0 radical (unpaired) electrons. The van der Waals surface area contributed by atoms with Gasteiger partial charge < -0.3 is 15.0 Å². The number of methoxy groups -OCH3 is 1. The van der Waals surface area contributed by atoms with Crippen LogP contribution in [0.3, 0.4) is 0 Å². The Labute approximate surface area is 156 Å². The Bertz CT molecular complexity index is 773. The highest BCUT2D eigenvalue weighted by molar-refractivity contribution is 8.00. The third-order valence-corrected chi connectivity index (χ3v) is 5.25. The lowest BCUT2D eigenvalue weighted by Gasteiger charge is -2.18. The minimum atomic E-state index is -0.864. The predicted octanol–water partition coefficient (Wildman–Crippen LogP) is 2.29. The second-order valence-electron chi connectivity index (χ2n) is 5.91. The van der Waals surface area contributed by atoms with Crippen molar-refractivity contribution < 1.29 is 14.3 Å². The lowest BCUT2D eigenvalue weighted by Crippen LogP contribution is -2.42. The van der Waals surface area contributed by atoms with E-state index in [-0.39, 0.29) is 5.92 Å². The van der Waals surface area contributed by atoms with E-state index in [1.54, 1.807) is 7.11 Å². The van der Waals surface area contributed by atoms with Crippen LogP contribution in [0.25, 0.3) is 11.4 Å². The number of carbonyl (C=O) groups excluding carboxylic acids is 2. The van der Waals surface area contributed by atoms with E-state index in [1.807, 2.05) is 49.6 Å². The second-order valence-corrected chi connectivity index (χ2v) is 7.02. The van der Waals surface area contributed by atoms with E-state index in [0.29, 0.717) is 17.5 Å². The number of nitrogens with one attached hydrogen (secondary N) is 1. The number of hydrogen-bond donors (Lipinski definition) is 2. The molecule has 0 aliphatic heterocycles. The zero-order valence-electron chi connectivity index (χ0n) is 15.2. The topological polar surface area (TPSA) is 112 Å². The van der Waals surface area contributed by atoms with Crippen molar-refractivity contribution in [2.75, 3.05) is 7.11 Å². The molecule has 9 heteroatoms. The monoisotopic (exact) mass is 377 g/mol. The van der Waals surface area contributed by atoms with Gasteiger partial charge in [0, 0.05) is 12.1 Å². The molecule has 26 heavy (non-hydrogen) atoms. The Kier molecular flexibility index (Phi) is 6.62. The lowest BCUT2D eigenvalue weighted by atomic mass is 10.1. The number of hydrogen-bond acceptors (Lipinski definition) is 6. The Morgan fingerprint density at radius 2 is 1.92 bits per heavy atom. The van der Waals surface area contributed by atoms with Gasteiger partial charge in [-0.3, -0.25) is 10.1 Å². The van der Waals surface area contributed by atoms with Gasteiger partial charge in [0.05, 0.1) is 12.4 Å². The Morgan fingerprint density at radius 3 is 2.42 bits per heavy atom. The summed E-state index contributed by atoms with van der Waals surface area (Å²) in [7, 11) is 1.61. The molecule has 1 aromatic heterocycles. The minimum Gasteiger partial charge on any atom is -0.497 e. The largest absolute Gasteiger partial charge is 0.497 e. The van der Waals surface area contributed by atoms with Crippen molar-refractivity contribution in [3.8, 4) is 17.1 Å². The third-order valence-electron chi connectivity index (χ3n) is 3.72. The van der Waals surface area contributed by atoms with Gasteiger partial charge in [-0.2, -0.15) is 0 Å². The van der Waals surface area contributed by atoms with Crippen molar-refractivity contribution in [2.45, 2.75) is 37.7 Å². The van der Waals surface area contributed by atoms with Crippen molar-refractivity contribution >= 4 is 23.7 Å². The van der Waals surface area contributed by atoms with Crippen LogP contribution < -0.4 is 15.8 Å². The molecule has 0 aliphatic carbocycles. The van der Waals surface area contributed by atoms with Crippen LogP contribution in [0.15, 0.2) is 29.4 Å². The van der Waals surface area contributed by atoms with Gasteiger partial charge in [0.2, 0.25) is 5.91 Å². The molecule has 0 bridgehead atoms. The van der Waals surface area contributed by atoms with Gasteiger partial charge in [0.1, 0.15) is 5.75 Å². The number of ether oxygens (including phenoxy) is 1. The number of nitrogens with two attached hydrogens (primary N) is 1. The first-order valence-electron chi connectivity index (χ1n) is 8.21. The van der Waals surface area contributed by atoms with Crippen LogP contribution in [-0.4, -0.2) is 39.1 Å². The molecule has 0 fully saturated rings. The summed E-state index contributed by atoms with van der Waals surface area (Å²) in [5.41, 5.74) is 5.96. The van der Waals surface area contributed by atoms with E-state index in [9.17, 15) is 9.59 Å². The smallest absolute Gasteiger partial charge is 0.318 e. The van der Waals surface area contributed by atoms with E-state index in [0.717, 1.165) is 11.3 Å². The first-order valence-corrected chi connectivity index (χ1v) is 9.09. The number of carbonyl (C=O) groups is 2. The number of benzene rings is 1. The number of primary amides is 1. The maximum absolute atomic E-state index is 12.2. The normalized spacial score (nSPS) is 12.0. The molecule has 1 heterocycles. The lowest BCUT2D eigenvalue weighted by molar-refractivity contribution is -0.120. The fourth-order valence-corrected chi connectivity index (χ4v) is 3.51. The Morgan fingerprint density at radius 1 is 1.27 bits per heavy atom. The van der Waals surface area contributed by atoms with Crippen molar-refractivity contribution in [1.29, 1.82) is 0 Å². The molecule has 2 rings (SSSR count). The Hall–Kier alpha value is -2.55. The van der Waals surface area contributed by atoms with Gasteiger partial charge in [-0.05, 0) is 37.1 Å². The SMILES string of the molecule is CCn1c(SC(C(=O)NC(N)=O)C(C)C)nnc1-c1ccc(OC)cc1. The van der Waals surface area contributed by atoms with Crippen molar-refractivity contribution in [3.63, 3.8) is 0 Å². The minimum absolute atomic E-state index is 0.0224. The molecule has 3 amide bonds. The van der Waals surface area contributed by atoms with E-state index in [2.05, 4.69) is 15.5 Å². The maximum atomic E-state index is 12.2. The number of amides is 3. The van der Waals surface area contributed by atoms with E-state index < -0.39 is 17.2 Å². The number of imide groups is 1. The zero-order valence-corrected chi connectivity index (χ0v) is 16.0. The maximum Gasteiger partial charge on any atom is 0.318 e. The number of nitrogens with zero attached hydrogens (tertiary/aromatic N) is 3. The quantitative estimate of drug-likeness (QED) is 0.716. The molecule has 0 saturated heterocycles. The molecule has 8 nitrogen and oxygen atoms in total. The molecule has 2 aromatic rings. The predicted molar refractivity (Wildman–Crippen MR) is 99.9 cm³/mol. The van der Waals surface area contributed by atoms with Crippen molar-refractivity contribution in [1.82, 2.24) is 20.1 Å². The van der Waals surface area contributed by atoms with Gasteiger partial charge in [0.15, 0.2) is 11.0 Å². The van der Waals surface area contributed by atoms with Crippen LogP contribution in [0.1, 0.15) is 20.8 Å². The fourth-order valence-electron chi connectivity index (χ4n) is 2.41. The first kappa shape index (κ1) is 19.8. The van der Waals surface area contributed by atoms with Gasteiger partial charge in [0.25, 0.3) is 0 Å². The molecular formula is C17H23N5O3S. The van der Waals surface area contributed by atoms with Gasteiger partial charge in [-0.25, -0.2) is 4.79 Å². The molecule has 140 valence electrons. The van der Waals surface area contributed by atoms with Crippen LogP contribution in [0.2, 0.25) is 0 Å². The molecule has 0 aliphatic rings. The summed E-state index contributed by atoms with van der Waals surface area (Å²) in [6.07, 6.45) is 0. The van der Waals surface area contributed by atoms with Crippen LogP contribution in [0.5, 0.6) is 5.75 Å². The van der Waals surface area contributed by atoms with Crippen molar-refractivity contribution in [2.24, 2.45) is 11.7 Å². The number of thioether (sulfide) groups is 1. The van der Waals surface area contributed by atoms with E-state index in [4.69, 9.17) is 10.5 Å². The van der Waals surface area contributed by atoms with Crippen molar-refractivity contribution in [3.05, 3.63) is 24.3 Å². The van der Waals surface area contributed by atoms with Crippen LogP contribution in [0.4, 0.5) is 4.79 Å². The van der Waals surface area contributed by atoms with Crippen LogP contribution in [0, 0.1) is 5.92 Å². The second kappa shape index (κ2) is 8.70. The average Bonchev–Trinajstić information content (AvgIpc) is 3.01. The van der Waals surface area contributed by atoms with Gasteiger partial charge in [-0.1, -0.05) is 25.6 Å². The highest BCUT2D eigenvalue weighted by atomic mass is 32.2. The zero-order chi connectivity index (χ0) is 19.3. The number of aromatic nitrogens is 3.